The van der Waals surface area contributed by atoms with Gasteiger partial charge >= 0.3 is 6.18 Å². The van der Waals surface area contributed by atoms with E-state index >= 15 is 0 Å². The number of primary amides is 3. The molecule has 3 aromatic heterocycles. The topological polar surface area (TPSA) is 350 Å². The van der Waals surface area contributed by atoms with Crippen LogP contribution < -0.4 is 44.6 Å². The molecule has 4 unspecified atom stereocenters. The first kappa shape index (κ1) is 71.7. The van der Waals surface area contributed by atoms with Gasteiger partial charge in [0.2, 0.25) is 0 Å². The van der Waals surface area contributed by atoms with Crippen molar-refractivity contribution in [3.63, 3.8) is 0 Å². The zero-order chi connectivity index (χ0) is 71.5. The van der Waals surface area contributed by atoms with Gasteiger partial charge in [0.1, 0.15) is 45.7 Å². The first-order valence-electron chi connectivity index (χ1n) is 32.4. The number of nitrogens with two attached hydrogens (primary N) is 5. The van der Waals surface area contributed by atoms with Gasteiger partial charge in [-0.3, -0.25) is 33.4 Å². The summed E-state index contributed by atoms with van der Waals surface area (Å²) in [5, 5.41) is 22.3. The predicted molar refractivity (Wildman–Crippen MR) is 367 cm³/mol. The third kappa shape index (κ3) is 16.7. The number of nitrogen functional groups attached to an aromatic ring is 2. The summed E-state index contributed by atoms with van der Waals surface area (Å²) in [6.07, 6.45) is -3.95. The lowest BCUT2D eigenvalue weighted by atomic mass is 10.0. The van der Waals surface area contributed by atoms with Gasteiger partial charge in [0, 0.05) is 85.0 Å². The molecule has 12 rings (SSSR count). The number of halogens is 4. The zero-order valence-corrected chi connectivity index (χ0v) is 55.5. The molecule has 27 heteroatoms. The van der Waals surface area contributed by atoms with Crippen molar-refractivity contribution >= 4 is 47.1 Å². The van der Waals surface area contributed by atoms with Crippen molar-refractivity contribution in [1.29, 1.82) is 0 Å². The Hall–Kier alpha value is -11.0. The maximum absolute atomic E-state index is 13.5. The highest BCUT2D eigenvalue weighted by Gasteiger charge is 2.45. The number of nitrogens with zero attached hydrogens (tertiary/aromatic N) is 6. The smallest absolute Gasteiger partial charge is 0.383 e. The molecular weight excluding hydrogens is 1290 g/mol. The van der Waals surface area contributed by atoms with E-state index in [4.69, 9.17) is 48.0 Å². The molecule has 6 heterocycles. The van der Waals surface area contributed by atoms with Crippen LogP contribution in [-0.4, -0.2) is 110 Å². The van der Waals surface area contributed by atoms with Gasteiger partial charge in [-0.1, -0.05) is 115 Å². The summed E-state index contributed by atoms with van der Waals surface area (Å²) in [7, 11) is 0. The summed E-state index contributed by atoms with van der Waals surface area (Å²) in [6, 6.07) is 40.0. The molecule has 6 amide bonds. The average Bonchev–Trinajstić information content (AvgIpc) is 1.64. The van der Waals surface area contributed by atoms with E-state index in [9.17, 15) is 46.3 Å². The molecule has 3 aliphatic rings. The number of hydrogen-bond donors (Lipinski definition) is 8. The maximum Gasteiger partial charge on any atom is 0.414 e. The summed E-state index contributed by atoms with van der Waals surface area (Å²) >= 11 is 0. The van der Waals surface area contributed by atoms with Crippen molar-refractivity contribution in [2.24, 2.45) is 17.2 Å². The third-order valence-electron chi connectivity index (χ3n) is 17.8. The van der Waals surface area contributed by atoms with Crippen LogP contribution >= 0.6 is 0 Å². The average molecular weight is 1370 g/mol. The number of carbonyl (C=O) groups excluding carboxylic acids is 6. The quantitative estimate of drug-likeness (QED) is 0.0371. The number of anilines is 2. The Labute approximate surface area is 573 Å². The number of benzene rings is 6. The van der Waals surface area contributed by atoms with Crippen molar-refractivity contribution in [3.05, 3.63) is 218 Å². The number of amides is 6. The van der Waals surface area contributed by atoms with Gasteiger partial charge in [0.25, 0.3) is 35.4 Å². The van der Waals surface area contributed by atoms with E-state index in [1.165, 1.54) is 16.8 Å². The van der Waals surface area contributed by atoms with Gasteiger partial charge in [0.05, 0.1) is 36.9 Å². The summed E-state index contributed by atoms with van der Waals surface area (Å²) in [5.74, 6) is -2.94. The lowest BCUT2D eigenvalue weighted by Crippen LogP contribution is -2.39. The molecular formula is C73H78F4N14O9. The monoisotopic (exact) mass is 1370 g/mol. The van der Waals surface area contributed by atoms with Crippen LogP contribution in [0.15, 0.2) is 140 Å². The molecule has 0 bridgehead atoms. The number of rotatable bonds is 18. The number of hydrogen-bond acceptors (Lipinski definition) is 14. The Morgan fingerprint density at radius 2 is 0.890 bits per heavy atom. The van der Waals surface area contributed by atoms with Gasteiger partial charge < -0.3 is 58.8 Å². The van der Waals surface area contributed by atoms with E-state index in [1.807, 2.05) is 98.2 Å². The minimum Gasteiger partial charge on any atom is -0.383 e. The summed E-state index contributed by atoms with van der Waals surface area (Å²) in [5.41, 5.74) is 40.3. The Kier molecular flexibility index (Phi) is 22.7. The van der Waals surface area contributed by atoms with E-state index in [0.717, 1.165) is 58.3 Å². The predicted octanol–water partition coefficient (Wildman–Crippen LogP) is 9.87. The maximum atomic E-state index is 13.5. The highest BCUT2D eigenvalue weighted by molar-refractivity contribution is 6.04. The van der Waals surface area contributed by atoms with Crippen molar-refractivity contribution in [2.45, 2.75) is 110 Å². The lowest BCUT2D eigenvalue weighted by molar-refractivity contribution is -0.234. The molecule has 0 saturated carbocycles. The fourth-order valence-electron chi connectivity index (χ4n) is 12.2. The molecule has 100 heavy (non-hydrogen) atoms. The molecule has 4 atom stereocenters. The van der Waals surface area contributed by atoms with Crippen LogP contribution in [0.4, 0.5) is 29.2 Å². The van der Waals surface area contributed by atoms with Crippen LogP contribution in [0, 0.1) is 33.5 Å². The van der Waals surface area contributed by atoms with E-state index in [-0.39, 0.29) is 90.8 Å². The minimum absolute atomic E-state index is 0.0497. The third-order valence-corrected chi connectivity index (χ3v) is 17.8. The van der Waals surface area contributed by atoms with Crippen molar-refractivity contribution in [2.75, 3.05) is 44.5 Å². The molecule has 0 aliphatic carbocycles. The minimum atomic E-state index is -4.51. The van der Waals surface area contributed by atoms with Crippen LogP contribution in [0.2, 0.25) is 0 Å². The van der Waals surface area contributed by atoms with Gasteiger partial charge in [-0.2, -0.15) is 28.5 Å². The highest BCUT2D eigenvalue weighted by Crippen LogP contribution is 2.39. The highest BCUT2D eigenvalue weighted by atomic mass is 19.4. The Bertz CT molecular complexity index is 4460. The van der Waals surface area contributed by atoms with E-state index in [2.05, 4.69) is 26.1 Å². The van der Waals surface area contributed by atoms with Crippen LogP contribution in [0.5, 0.6) is 0 Å². The zero-order valence-electron chi connectivity index (χ0n) is 55.5. The SMILES string of the molecule is Cc1ccc(F)cc1C(=O)NCc1ccc(-c2nn(C3CCCOC3)c(N)c2C(N)=O)cc1.Cc1ccccc1C(=O)NCc1ccc(-c2nn(C3CCOC(C(F)(F)F)C3)c(N)c2C(N)=O)cc1.Cc1ccccc1C(=O)NCc1ccc(-c2nn(C3CCOC3)c(C)c2C(N)=O)cc1. The second kappa shape index (κ2) is 31.7. The Morgan fingerprint density at radius 1 is 0.490 bits per heavy atom. The number of nitrogens with one attached hydrogen (secondary N) is 3. The second-order valence-corrected chi connectivity index (χ2v) is 24.6. The largest absolute Gasteiger partial charge is 0.414 e. The summed E-state index contributed by atoms with van der Waals surface area (Å²) < 4.78 is 73.6. The van der Waals surface area contributed by atoms with Crippen LogP contribution in [-0.2, 0) is 33.8 Å². The summed E-state index contributed by atoms with van der Waals surface area (Å²) in [6.45, 7) is 10.7. The molecule has 13 N–H and O–H groups in total. The summed E-state index contributed by atoms with van der Waals surface area (Å²) in [4.78, 5) is 73.8. The normalized spacial score (nSPS) is 16.6. The molecule has 6 aromatic carbocycles. The van der Waals surface area contributed by atoms with Crippen molar-refractivity contribution in [3.8, 4) is 33.8 Å². The lowest BCUT2D eigenvalue weighted by Gasteiger charge is -2.31. The van der Waals surface area contributed by atoms with Gasteiger partial charge in [-0.05, 0) is 111 Å². The van der Waals surface area contributed by atoms with E-state index in [0.29, 0.717) is 83.3 Å². The molecule has 9 aromatic rings. The van der Waals surface area contributed by atoms with Crippen LogP contribution in [0.25, 0.3) is 33.8 Å². The fraction of sp³-hybridized carbons (Fsp3) is 0.301. The van der Waals surface area contributed by atoms with Crippen LogP contribution in [0.3, 0.4) is 0 Å². The number of aryl methyl sites for hydroxylation is 3. The van der Waals surface area contributed by atoms with Gasteiger partial charge in [0.15, 0.2) is 6.10 Å². The second-order valence-electron chi connectivity index (χ2n) is 24.6. The number of carbonyl (C=O) groups is 6. The Balaban J connectivity index is 0.000000162. The van der Waals surface area contributed by atoms with E-state index < -0.39 is 41.9 Å². The standard InChI is InChI=1S/C25H26F3N5O3.C24H26FN5O3.C24H26N4O3/c1-14-4-2-3-5-18(14)24(35)31-13-15-6-8-16(9-7-15)21-20(23(30)34)22(29)33(32-21)17-10-11-36-19(12-17)25(26,27)28;1-14-4-9-17(25)11-19(14)24(32)28-12-15-5-7-16(8-6-15)21-20(23(27)31)22(26)30(29-21)18-3-2-10-33-13-18;1-15-5-3-4-6-20(15)24(30)26-13-17-7-9-18(10-8-17)22-21(23(25)29)16(2)28(27-22)19-11-12-31-14-19/h2-9,17,19H,10-13,29H2,1H3,(H2,30,34)(H,31,35);4-9,11,18H,2-3,10,12-13,26H2,1H3,(H2,27,31)(H,28,32);3-10,19H,11-14H2,1-2H3,(H2,25,29)(H,26,30). The molecule has 23 nitrogen and oxygen atoms in total. The molecule has 3 fully saturated rings. The molecule has 522 valence electrons. The van der Waals surface area contributed by atoms with Crippen molar-refractivity contribution in [1.82, 2.24) is 45.3 Å². The first-order chi connectivity index (χ1) is 47.9. The van der Waals surface area contributed by atoms with Crippen molar-refractivity contribution < 1.29 is 60.5 Å². The number of aromatic nitrogens is 6. The number of alkyl halides is 3. The van der Waals surface area contributed by atoms with Gasteiger partial charge in [-0.25, -0.2) is 13.8 Å². The van der Waals surface area contributed by atoms with Gasteiger partial charge in [-0.15, -0.1) is 0 Å². The molecule has 3 aliphatic heterocycles. The van der Waals surface area contributed by atoms with Crippen LogP contribution in [0.1, 0.15) is 151 Å². The Morgan fingerprint density at radius 3 is 1.32 bits per heavy atom. The van der Waals surface area contributed by atoms with E-state index in [1.54, 1.807) is 66.2 Å². The molecule has 3 saturated heterocycles. The number of ether oxygens (including phenoxy) is 3. The molecule has 0 radical (unpaired) electrons. The fourth-order valence-corrected chi connectivity index (χ4v) is 12.2. The molecule has 0 spiro atoms. The first-order valence-corrected chi connectivity index (χ1v) is 32.4.